The molecule has 0 spiro atoms. The summed E-state index contributed by atoms with van der Waals surface area (Å²) in [4.78, 5) is 24.8. The molecule has 0 radical (unpaired) electrons. The lowest BCUT2D eigenvalue weighted by Gasteiger charge is -2.60. The topological polar surface area (TPSA) is 121 Å². The van der Waals surface area contributed by atoms with E-state index >= 15 is 0 Å². The van der Waals surface area contributed by atoms with Crippen LogP contribution in [-0.2, 0) is 16.1 Å². The predicted octanol–water partition coefficient (Wildman–Crippen LogP) is 2.59. The van der Waals surface area contributed by atoms with Crippen molar-refractivity contribution in [3.8, 4) is 0 Å². The van der Waals surface area contributed by atoms with E-state index in [9.17, 15) is 19.8 Å². The Morgan fingerprint density at radius 2 is 2.03 bits per heavy atom. The number of hydrogen-bond acceptors (Lipinski definition) is 6. The molecule has 2 fully saturated rings. The zero-order valence-electron chi connectivity index (χ0n) is 18.7. The number of aliphatic hydroxyl groups is 2. The van der Waals surface area contributed by atoms with Crippen LogP contribution >= 0.6 is 0 Å². The first-order valence-corrected chi connectivity index (χ1v) is 11.3. The van der Waals surface area contributed by atoms with Gasteiger partial charge in [0.1, 0.15) is 11.9 Å². The Balaban J connectivity index is 1.74. The number of alkyl carbamates (subject to hydrolysis) is 1. The minimum absolute atomic E-state index is 0.0180. The largest absolute Gasteiger partial charge is 0.467 e. The summed E-state index contributed by atoms with van der Waals surface area (Å²) in [5.74, 6) is 0.329. The molecule has 3 rings (SSSR count). The SMILES string of the molecule is CCNC(=O)O[C@@H]1CC[C@]2(C)[C@@H](CC[C@@H](O)[C@H]2CC(=O)NCc2ccco2)[C@]1(C)CO. The third-order valence-corrected chi connectivity index (χ3v) is 7.69. The van der Waals surface area contributed by atoms with Crippen molar-refractivity contribution in [3.05, 3.63) is 24.2 Å². The lowest BCUT2D eigenvalue weighted by atomic mass is 9.46. The number of carbonyl (C=O) groups excluding carboxylic acids is 2. The number of carbonyl (C=O) groups is 2. The van der Waals surface area contributed by atoms with Gasteiger partial charge in [-0.2, -0.15) is 0 Å². The minimum atomic E-state index is -0.638. The second kappa shape index (κ2) is 9.61. The summed E-state index contributed by atoms with van der Waals surface area (Å²) in [6.45, 7) is 6.57. The standard InChI is InChI=1S/C23H36N2O6/c1-4-24-21(29)31-19-9-10-22(2)16(12-20(28)25-13-15-6-5-11-30-15)17(27)7-8-18(22)23(19,3)14-26/h5-6,11,16-19,26-27H,4,7-10,12-14H2,1-3H3,(H,24,29)(H,25,28)/t16-,17-,18-,19-,22+,23+/m1/s1. The van der Waals surface area contributed by atoms with Crippen LogP contribution in [0.1, 0.15) is 58.6 Å². The molecule has 1 heterocycles. The van der Waals surface area contributed by atoms with Crippen molar-refractivity contribution in [2.75, 3.05) is 13.2 Å². The molecule has 8 heteroatoms. The van der Waals surface area contributed by atoms with Crippen LogP contribution in [0.3, 0.4) is 0 Å². The predicted molar refractivity (Wildman–Crippen MR) is 114 cm³/mol. The van der Waals surface area contributed by atoms with Crippen molar-refractivity contribution in [1.29, 1.82) is 0 Å². The maximum Gasteiger partial charge on any atom is 0.407 e. The number of rotatable bonds is 7. The first kappa shape index (κ1) is 23.6. The van der Waals surface area contributed by atoms with Gasteiger partial charge in [0.2, 0.25) is 5.91 Å². The molecule has 0 unspecified atom stereocenters. The van der Waals surface area contributed by atoms with Crippen molar-refractivity contribution < 1.29 is 29.0 Å². The molecule has 0 aliphatic heterocycles. The maximum atomic E-state index is 12.7. The van der Waals surface area contributed by atoms with E-state index in [0.717, 1.165) is 0 Å². The molecule has 2 saturated carbocycles. The fourth-order valence-electron chi connectivity index (χ4n) is 5.97. The number of aliphatic hydroxyl groups excluding tert-OH is 2. The number of nitrogens with one attached hydrogen (secondary N) is 2. The summed E-state index contributed by atoms with van der Waals surface area (Å²) < 4.78 is 11.0. The quantitative estimate of drug-likeness (QED) is 0.521. The van der Waals surface area contributed by atoms with Crippen molar-refractivity contribution in [2.24, 2.45) is 22.7 Å². The van der Waals surface area contributed by atoms with Gasteiger partial charge in [-0.3, -0.25) is 4.79 Å². The highest BCUT2D eigenvalue weighted by molar-refractivity contribution is 5.76. The molecule has 31 heavy (non-hydrogen) atoms. The molecule has 2 aliphatic carbocycles. The molecular weight excluding hydrogens is 400 g/mol. The molecule has 0 aromatic carbocycles. The molecule has 2 aliphatic rings. The summed E-state index contributed by atoms with van der Waals surface area (Å²) in [6.07, 6.45) is 2.87. The second-order valence-corrected chi connectivity index (χ2v) is 9.50. The van der Waals surface area contributed by atoms with Crippen molar-refractivity contribution in [2.45, 2.75) is 71.6 Å². The average Bonchev–Trinajstić information content (AvgIpc) is 3.25. The molecule has 8 nitrogen and oxygen atoms in total. The smallest absolute Gasteiger partial charge is 0.407 e. The summed E-state index contributed by atoms with van der Waals surface area (Å²) >= 11 is 0. The maximum absolute atomic E-state index is 12.7. The summed E-state index contributed by atoms with van der Waals surface area (Å²) in [5, 5.41) is 26.8. The Kier molecular flexibility index (Phi) is 7.31. The Bertz CT molecular complexity index is 753. The van der Waals surface area contributed by atoms with Gasteiger partial charge in [0.25, 0.3) is 0 Å². The summed E-state index contributed by atoms with van der Waals surface area (Å²) in [6, 6.07) is 3.57. The van der Waals surface area contributed by atoms with Gasteiger partial charge >= 0.3 is 6.09 Å². The van der Waals surface area contributed by atoms with E-state index in [1.807, 2.05) is 13.8 Å². The van der Waals surface area contributed by atoms with Gasteiger partial charge < -0.3 is 30.0 Å². The Hall–Kier alpha value is -2.06. The lowest BCUT2D eigenvalue weighted by molar-refractivity contribution is -0.185. The van der Waals surface area contributed by atoms with Crippen LogP contribution in [0.5, 0.6) is 0 Å². The molecule has 2 amide bonds. The highest BCUT2D eigenvalue weighted by atomic mass is 16.6. The highest BCUT2D eigenvalue weighted by Gasteiger charge is 2.60. The van der Waals surface area contributed by atoms with Gasteiger partial charge in [0.05, 0.1) is 25.5 Å². The van der Waals surface area contributed by atoms with Crippen LogP contribution in [0.4, 0.5) is 4.79 Å². The van der Waals surface area contributed by atoms with E-state index < -0.39 is 23.7 Å². The number of furan rings is 1. The zero-order valence-corrected chi connectivity index (χ0v) is 18.7. The van der Waals surface area contributed by atoms with Gasteiger partial charge in [-0.1, -0.05) is 13.8 Å². The first-order valence-electron chi connectivity index (χ1n) is 11.3. The number of hydrogen-bond donors (Lipinski definition) is 4. The van der Waals surface area contributed by atoms with Gasteiger partial charge in [-0.05, 0) is 62.0 Å². The minimum Gasteiger partial charge on any atom is -0.467 e. The van der Waals surface area contributed by atoms with E-state index in [2.05, 4.69) is 17.6 Å². The molecule has 1 aromatic rings. The lowest BCUT2D eigenvalue weighted by Crippen LogP contribution is -2.61. The number of ether oxygens (including phenoxy) is 1. The van der Waals surface area contributed by atoms with E-state index in [4.69, 9.17) is 9.15 Å². The molecule has 4 N–H and O–H groups in total. The molecule has 0 saturated heterocycles. The van der Waals surface area contributed by atoms with Gasteiger partial charge in [0, 0.05) is 18.4 Å². The van der Waals surface area contributed by atoms with Crippen LogP contribution < -0.4 is 10.6 Å². The first-order chi connectivity index (χ1) is 14.7. The molecular formula is C23H36N2O6. The zero-order chi connectivity index (χ0) is 22.6. The van der Waals surface area contributed by atoms with Crippen LogP contribution in [0.2, 0.25) is 0 Å². The van der Waals surface area contributed by atoms with E-state index in [0.29, 0.717) is 44.5 Å². The van der Waals surface area contributed by atoms with Crippen LogP contribution in [0.25, 0.3) is 0 Å². The van der Waals surface area contributed by atoms with Crippen LogP contribution in [0.15, 0.2) is 22.8 Å². The van der Waals surface area contributed by atoms with Gasteiger partial charge in [-0.25, -0.2) is 4.79 Å². The second-order valence-electron chi connectivity index (χ2n) is 9.50. The Morgan fingerprint density at radius 3 is 2.68 bits per heavy atom. The normalized spacial score (nSPS) is 35.1. The Morgan fingerprint density at radius 1 is 1.26 bits per heavy atom. The summed E-state index contributed by atoms with van der Waals surface area (Å²) in [5.41, 5.74) is -0.987. The third kappa shape index (κ3) is 4.75. The van der Waals surface area contributed by atoms with Crippen molar-refractivity contribution >= 4 is 12.0 Å². The van der Waals surface area contributed by atoms with E-state index in [1.165, 1.54) is 0 Å². The van der Waals surface area contributed by atoms with Crippen LogP contribution in [-0.4, -0.2) is 47.6 Å². The van der Waals surface area contributed by atoms with Crippen molar-refractivity contribution in [3.63, 3.8) is 0 Å². The number of fused-ring (bicyclic) bond motifs is 1. The number of amides is 2. The average molecular weight is 437 g/mol. The molecule has 1 aromatic heterocycles. The molecule has 6 atom stereocenters. The van der Waals surface area contributed by atoms with E-state index in [1.54, 1.807) is 18.4 Å². The van der Waals surface area contributed by atoms with E-state index in [-0.39, 0.29) is 36.2 Å². The van der Waals surface area contributed by atoms with Gasteiger partial charge in [0.15, 0.2) is 0 Å². The Labute approximate surface area is 183 Å². The molecule has 0 bridgehead atoms. The monoisotopic (exact) mass is 436 g/mol. The highest BCUT2D eigenvalue weighted by Crippen LogP contribution is 2.61. The van der Waals surface area contributed by atoms with Gasteiger partial charge in [-0.15, -0.1) is 0 Å². The fraction of sp³-hybridized carbons (Fsp3) is 0.739. The van der Waals surface area contributed by atoms with Crippen LogP contribution in [0, 0.1) is 22.7 Å². The fourth-order valence-corrected chi connectivity index (χ4v) is 5.97. The van der Waals surface area contributed by atoms with Crippen molar-refractivity contribution in [1.82, 2.24) is 10.6 Å². The summed E-state index contributed by atoms with van der Waals surface area (Å²) in [7, 11) is 0. The molecule has 174 valence electrons. The third-order valence-electron chi connectivity index (χ3n) is 7.69.